The standard InChI is InChI=1S/C7H4BrFN2/c8-6-3-5-1-2-10-11(5)4-7(6)9/h1-4H. The predicted molar refractivity (Wildman–Crippen MR) is 42.9 cm³/mol. The summed E-state index contributed by atoms with van der Waals surface area (Å²) in [5.41, 5.74) is 0.873. The highest BCUT2D eigenvalue weighted by atomic mass is 79.9. The van der Waals surface area contributed by atoms with E-state index in [2.05, 4.69) is 21.0 Å². The lowest BCUT2D eigenvalue weighted by atomic mass is 10.4. The SMILES string of the molecule is Fc1cn2nccc2cc1Br. The van der Waals surface area contributed by atoms with Crippen molar-refractivity contribution < 1.29 is 4.39 Å². The van der Waals surface area contributed by atoms with Crippen LogP contribution in [0.1, 0.15) is 0 Å². The molecule has 2 aromatic heterocycles. The molecule has 2 nitrogen and oxygen atoms in total. The Morgan fingerprint density at radius 3 is 3.18 bits per heavy atom. The van der Waals surface area contributed by atoms with Crippen molar-refractivity contribution in [3.05, 3.63) is 34.8 Å². The lowest BCUT2D eigenvalue weighted by molar-refractivity contribution is 0.608. The molecule has 4 heteroatoms. The van der Waals surface area contributed by atoms with Gasteiger partial charge in [0.2, 0.25) is 0 Å². The maximum absolute atomic E-state index is 12.8. The molecule has 11 heavy (non-hydrogen) atoms. The van der Waals surface area contributed by atoms with E-state index >= 15 is 0 Å². The molecule has 0 amide bonds. The lowest BCUT2D eigenvalue weighted by Crippen LogP contribution is -1.88. The fourth-order valence-corrected chi connectivity index (χ4v) is 1.25. The van der Waals surface area contributed by atoms with E-state index in [9.17, 15) is 4.39 Å². The van der Waals surface area contributed by atoms with Crippen LogP contribution in [0.5, 0.6) is 0 Å². The molecular weight excluding hydrogens is 211 g/mol. The van der Waals surface area contributed by atoms with Crippen molar-refractivity contribution in [1.82, 2.24) is 9.61 Å². The maximum atomic E-state index is 12.8. The average molecular weight is 215 g/mol. The van der Waals surface area contributed by atoms with Crippen molar-refractivity contribution in [2.75, 3.05) is 0 Å². The summed E-state index contributed by atoms with van der Waals surface area (Å²) in [5, 5.41) is 3.88. The van der Waals surface area contributed by atoms with Gasteiger partial charge in [-0.15, -0.1) is 0 Å². The Balaban J connectivity index is 2.86. The van der Waals surface area contributed by atoms with Crippen LogP contribution in [0.3, 0.4) is 0 Å². The van der Waals surface area contributed by atoms with Crippen LogP contribution in [-0.2, 0) is 0 Å². The molecule has 0 N–H and O–H groups in total. The van der Waals surface area contributed by atoms with Gasteiger partial charge in [-0.05, 0) is 28.1 Å². The molecule has 0 unspecified atom stereocenters. The molecule has 0 fully saturated rings. The van der Waals surface area contributed by atoms with Crippen molar-refractivity contribution in [2.24, 2.45) is 0 Å². The van der Waals surface area contributed by atoms with Crippen molar-refractivity contribution in [3.63, 3.8) is 0 Å². The van der Waals surface area contributed by atoms with Crippen molar-refractivity contribution in [1.29, 1.82) is 0 Å². The van der Waals surface area contributed by atoms with E-state index in [0.29, 0.717) is 4.47 Å². The van der Waals surface area contributed by atoms with Gasteiger partial charge in [0, 0.05) is 6.20 Å². The van der Waals surface area contributed by atoms with Gasteiger partial charge in [0.1, 0.15) is 0 Å². The number of fused-ring (bicyclic) bond motifs is 1. The van der Waals surface area contributed by atoms with Gasteiger partial charge in [0.15, 0.2) is 5.82 Å². The van der Waals surface area contributed by atoms with Gasteiger partial charge >= 0.3 is 0 Å². The normalized spacial score (nSPS) is 10.7. The molecule has 0 saturated carbocycles. The molecule has 0 atom stereocenters. The second-order valence-corrected chi connectivity index (χ2v) is 3.02. The molecule has 56 valence electrons. The minimum absolute atomic E-state index is 0.304. The lowest BCUT2D eigenvalue weighted by Gasteiger charge is -1.95. The molecule has 0 aliphatic heterocycles. The summed E-state index contributed by atoms with van der Waals surface area (Å²) in [4.78, 5) is 0. The van der Waals surface area contributed by atoms with Gasteiger partial charge in [0.05, 0.1) is 16.2 Å². The Bertz CT molecular complexity index is 360. The first kappa shape index (κ1) is 6.79. The van der Waals surface area contributed by atoms with Gasteiger partial charge in [-0.25, -0.2) is 8.91 Å². The first-order valence-electron chi connectivity index (χ1n) is 3.06. The first-order chi connectivity index (χ1) is 5.27. The third-order valence-corrected chi connectivity index (χ3v) is 2.05. The van der Waals surface area contributed by atoms with Crippen LogP contribution in [0.2, 0.25) is 0 Å². The molecule has 0 aliphatic carbocycles. The van der Waals surface area contributed by atoms with E-state index in [1.807, 2.05) is 6.07 Å². The topological polar surface area (TPSA) is 17.3 Å². The van der Waals surface area contributed by atoms with Crippen LogP contribution in [-0.4, -0.2) is 9.61 Å². The molecule has 0 saturated heterocycles. The summed E-state index contributed by atoms with van der Waals surface area (Å²) in [7, 11) is 0. The third kappa shape index (κ3) is 1.03. The largest absolute Gasteiger partial charge is 0.238 e. The van der Waals surface area contributed by atoms with Gasteiger partial charge in [-0.2, -0.15) is 5.10 Å². The predicted octanol–water partition coefficient (Wildman–Crippen LogP) is 2.24. The van der Waals surface area contributed by atoms with Crippen molar-refractivity contribution in [2.45, 2.75) is 0 Å². The average Bonchev–Trinajstić information content (AvgIpc) is 2.36. The molecule has 0 spiro atoms. The number of pyridine rings is 1. The Morgan fingerprint density at radius 2 is 2.36 bits per heavy atom. The van der Waals surface area contributed by atoms with E-state index in [1.165, 1.54) is 10.7 Å². The van der Waals surface area contributed by atoms with E-state index in [4.69, 9.17) is 0 Å². The van der Waals surface area contributed by atoms with E-state index in [0.717, 1.165) is 5.52 Å². The summed E-state index contributed by atoms with van der Waals surface area (Å²) in [6.45, 7) is 0. The van der Waals surface area contributed by atoms with Gasteiger partial charge < -0.3 is 0 Å². The van der Waals surface area contributed by atoms with Gasteiger partial charge in [-0.1, -0.05) is 0 Å². The zero-order valence-electron chi connectivity index (χ0n) is 5.46. The Labute approximate surface area is 70.8 Å². The number of hydrogen-bond acceptors (Lipinski definition) is 1. The fourth-order valence-electron chi connectivity index (χ4n) is 0.914. The van der Waals surface area contributed by atoms with E-state index in [1.54, 1.807) is 12.3 Å². The minimum Gasteiger partial charge on any atom is -0.238 e. The highest BCUT2D eigenvalue weighted by Crippen LogP contribution is 2.16. The summed E-state index contributed by atoms with van der Waals surface area (Å²) >= 11 is 3.08. The number of hydrogen-bond donors (Lipinski definition) is 0. The number of halogens is 2. The highest BCUT2D eigenvalue weighted by Gasteiger charge is 2.00. The fraction of sp³-hybridized carbons (Fsp3) is 0. The monoisotopic (exact) mass is 214 g/mol. The van der Waals surface area contributed by atoms with Crippen LogP contribution in [0.25, 0.3) is 5.52 Å². The molecule has 2 aromatic rings. The number of aromatic nitrogens is 2. The zero-order chi connectivity index (χ0) is 7.84. The summed E-state index contributed by atoms with van der Waals surface area (Å²) < 4.78 is 14.8. The molecular formula is C7H4BrFN2. The van der Waals surface area contributed by atoms with Gasteiger partial charge in [0.25, 0.3) is 0 Å². The zero-order valence-corrected chi connectivity index (χ0v) is 7.05. The third-order valence-electron chi connectivity index (χ3n) is 1.44. The van der Waals surface area contributed by atoms with Crippen LogP contribution in [0.4, 0.5) is 4.39 Å². The molecule has 0 aromatic carbocycles. The number of nitrogens with zero attached hydrogens (tertiary/aromatic N) is 2. The van der Waals surface area contributed by atoms with E-state index in [-0.39, 0.29) is 5.82 Å². The van der Waals surface area contributed by atoms with Crippen LogP contribution in [0.15, 0.2) is 29.0 Å². The van der Waals surface area contributed by atoms with E-state index < -0.39 is 0 Å². The van der Waals surface area contributed by atoms with Crippen LogP contribution in [0, 0.1) is 5.82 Å². The van der Waals surface area contributed by atoms with Crippen molar-refractivity contribution >= 4 is 21.4 Å². The molecule has 2 rings (SSSR count). The Morgan fingerprint density at radius 1 is 1.55 bits per heavy atom. The molecule has 0 bridgehead atoms. The molecule has 0 aliphatic rings. The molecule has 0 radical (unpaired) electrons. The Hall–Kier alpha value is -0.900. The highest BCUT2D eigenvalue weighted by molar-refractivity contribution is 9.10. The summed E-state index contributed by atoms with van der Waals surface area (Å²) in [6.07, 6.45) is 2.96. The second kappa shape index (κ2) is 2.30. The van der Waals surface area contributed by atoms with Crippen LogP contribution < -0.4 is 0 Å². The minimum atomic E-state index is -0.304. The first-order valence-corrected chi connectivity index (χ1v) is 3.85. The summed E-state index contributed by atoms with van der Waals surface area (Å²) in [6, 6.07) is 3.49. The van der Waals surface area contributed by atoms with Crippen LogP contribution >= 0.6 is 15.9 Å². The molecule has 2 heterocycles. The Kier molecular flexibility index (Phi) is 1.42. The van der Waals surface area contributed by atoms with Crippen molar-refractivity contribution in [3.8, 4) is 0 Å². The smallest absolute Gasteiger partial charge is 0.155 e. The summed E-state index contributed by atoms with van der Waals surface area (Å²) in [5.74, 6) is -0.304. The second-order valence-electron chi connectivity index (χ2n) is 2.17. The number of rotatable bonds is 0. The van der Waals surface area contributed by atoms with Gasteiger partial charge in [-0.3, -0.25) is 0 Å². The maximum Gasteiger partial charge on any atom is 0.155 e. The quantitative estimate of drug-likeness (QED) is 0.658.